The van der Waals surface area contributed by atoms with E-state index in [1.807, 2.05) is 12.1 Å². The van der Waals surface area contributed by atoms with E-state index < -0.39 is 0 Å². The minimum absolute atomic E-state index is 0.00717. The highest BCUT2D eigenvalue weighted by atomic mass is 35.5. The molecule has 1 aliphatic rings. The Hall–Kier alpha value is -0.930. The van der Waals surface area contributed by atoms with Crippen LogP contribution in [-0.2, 0) is 4.74 Å². The van der Waals surface area contributed by atoms with E-state index in [0.29, 0.717) is 6.04 Å². The summed E-state index contributed by atoms with van der Waals surface area (Å²) in [7, 11) is 4.10. The van der Waals surface area contributed by atoms with Crippen LogP contribution in [0, 0.1) is 0 Å². The first-order chi connectivity index (χ1) is 9.43. The van der Waals surface area contributed by atoms with Crippen LogP contribution in [-0.4, -0.2) is 32.3 Å². The molecule has 0 spiro atoms. The summed E-state index contributed by atoms with van der Waals surface area (Å²) < 4.78 is 5.91. The molecule has 1 aliphatic heterocycles. The van der Waals surface area contributed by atoms with Gasteiger partial charge in [0.25, 0.3) is 0 Å². The fourth-order valence-electron chi connectivity index (χ4n) is 2.73. The molecule has 2 atom stereocenters. The first kappa shape index (κ1) is 15.5. The van der Waals surface area contributed by atoms with Gasteiger partial charge in [-0.2, -0.15) is 0 Å². The Labute approximate surface area is 127 Å². The van der Waals surface area contributed by atoms with Crippen molar-refractivity contribution in [3.05, 3.63) is 23.2 Å². The van der Waals surface area contributed by atoms with Gasteiger partial charge in [-0.15, -0.1) is 0 Å². The zero-order valence-corrected chi connectivity index (χ0v) is 13.6. The maximum absolute atomic E-state index is 6.14. The number of hydrogen-bond acceptors (Lipinski definition) is 3. The molecule has 1 aromatic rings. The van der Waals surface area contributed by atoms with Crippen molar-refractivity contribution in [3.63, 3.8) is 0 Å². The number of ether oxygens (including phenoxy) is 1. The lowest BCUT2D eigenvalue weighted by atomic mass is 9.89. The summed E-state index contributed by atoms with van der Waals surface area (Å²) in [6, 6.07) is 6.44. The predicted molar refractivity (Wildman–Crippen MR) is 87.1 cm³/mol. The van der Waals surface area contributed by atoms with E-state index in [1.54, 1.807) is 0 Å². The third kappa shape index (κ3) is 3.58. The molecule has 112 valence electrons. The van der Waals surface area contributed by atoms with E-state index in [-0.39, 0.29) is 5.60 Å². The summed E-state index contributed by atoms with van der Waals surface area (Å²) >= 11 is 6.14. The lowest BCUT2D eigenvalue weighted by molar-refractivity contribution is -0.0708. The third-order valence-electron chi connectivity index (χ3n) is 4.14. The number of halogens is 1. The maximum Gasteiger partial charge on any atom is 0.0671 e. The van der Waals surface area contributed by atoms with E-state index in [9.17, 15) is 0 Å². The van der Waals surface area contributed by atoms with Crippen molar-refractivity contribution < 1.29 is 4.74 Å². The third-order valence-corrected chi connectivity index (χ3v) is 4.38. The zero-order chi connectivity index (χ0) is 14.8. The number of nitrogens with one attached hydrogen (secondary N) is 1. The van der Waals surface area contributed by atoms with Crippen LogP contribution < -0.4 is 10.2 Å². The summed E-state index contributed by atoms with van der Waals surface area (Å²) in [5.41, 5.74) is 2.26. The standard InChI is InChI=1S/C16H25ClN2O/c1-5-16(2)11-13(8-9-20-16)18-14-10-12(17)6-7-15(14)19(3)4/h6-7,10,13,18H,5,8-9,11H2,1-4H3. The molecular weight excluding hydrogens is 272 g/mol. The topological polar surface area (TPSA) is 24.5 Å². The molecule has 0 amide bonds. The molecule has 20 heavy (non-hydrogen) atoms. The van der Waals surface area contributed by atoms with E-state index in [1.165, 1.54) is 5.69 Å². The number of benzene rings is 1. The van der Waals surface area contributed by atoms with Crippen molar-refractivity contribution in [2.75, 3.05) is 30.9 Å². The highest BCUT2D eigenvalue weighted by Gasteiger charge is 2.31. The van der Waals surface area contributed by atoms with Crippen LogP contribution in [0.25, 0.3) is 0 Å². The number of hydrogen-bond donors (Lipinski definition) is 1. The number of anilines is 2. The molecule has 0 saturated carbocycles. The molecule has 2 unspecified atom stereocenters. The van der Waals surface area contributed by atoms with Crippen LogP contribution >= 0.6 is 11.6 Å². The van der Waals surface area contributed by atoms with Crippen LogP contribution in [0.2, 0.25) is 5.02 Å². The minimum atomic E-state index is -0.00717. The fourth-order valence-corrected chi connectivity index (χ4v) is 2.91. The van der Waals surface area contributed by atoms with Gasteiger partial charge in [-0.1, -0.05) is 18.5 Å². The van der Waals surface area contributed by atoms with Gasteiger partial charge in [-0.25, -0.2) is 0 Å². The van der Waals surface area contributed by atoms with Gasteiger partial charge in [-0.05, 0) is 44.4 Å². The molecule has 1 fully saturated rings. The van der Waals surface area contributed by atoms with Gasteiger partial charge in [0.1, 0.15) is 0 Å². The molecule has 3 nitrogen and oxygen atoms in total. The Morgan fingerprint density at radius 2 is 2.20 bits per heavy atom. The first-order valence-electron chi connectivity index (χ1n) is 7.31. The molecule has 2 rings (SSSR count). The van der Waals surface area contributed by atoms with E-state index in [0.717, 1.165) is 36.6 Å². The van der Waals surface area contributed by atoms with Crippen LogP contribution in [0.4, 0.5) is 11.4 Å². The van der Waals surface area contributed by atoms with Crippen LogP contribution in [0.5, 0.6) is 0 Å². The van der Waals surface area contributed by atoms with Gasteiger partial charge in [0.2, 0.25) is 0 Å². The average Bonchev–Trinajstić information content (AvgIpc) is 2.38. The van der Waals surface area contributed by atoms with Crippen molar-refractivity contribution in [3.8, 4) is 0 Å². The zero-order valence-electron chi connectivity index (χ0n) is 12.9. The molecule has 0 aliphatic carbocycles. The second-order valence-corrected chi connectivity index (χ2v) is 6.48. The lowest BCUT2D eigenvalue weighted by Crippen LogP contribution is -2.42. The second kappa shape index (κ2) is 6.23. The molecule has 0 bridgehead atoms. The molecule has 0 radical (unpaired) electrons. The Morgan fingerprint density at radius 1 is 1.45 bits per heavy atom. The van der Waals surface area contributed by atoms with E-state index in [4.69, 9.17) is 16.3 Å². The molecule has 1 aromatic carbocycles. The molecule has 1 heterocycles. The van der Waals surface area contributed by atoms with Crippen molar-refractivity contribution >= 4 is 23.0 Å². The van der Waals surface area contributed by atoms with Gasteiger partial charge in [-0.3, -0.25) is 0 Å². The molecule has 4 heteroatoms. The Kier molecular flexibility index (Phi) is 4.82. The summed E-state index contributed by atoms with van der Waals surface area (Å²) in [6.45, 7) is 5.21. The summed E-state index contributed by atoms with van der Waals surface area (Å²) in [6.07, 6.45) is 3.11. The number of nitrogens with zero attached hydrogens (tertiary/aromatic N) is 1. The number of rotatable bonds is 4. The van der Waals surface area contributed by atoms with E-state index >= 15 is 0 Å². The van der Waals surface area contributed by atoms with Crippen LogP contribution in [0.15, 0.2) is 18.2 Å². The monoisotopic (exact) mass is 296 g/mol. The minimum Gasteiger partial charge on any atom is -0.380 e. The summed E-state index contributed by atoms with van der Waals surface area (Å²) in [4.78, 5) is 2.11. The Balaban J connectivity index is 2.15. The Morgan fingerprint density at radius 3 is 2.85 bits per heavy atom. The normalized spacial score (nSPS) is 26.4. The molecular formula is C16H25ClN2O. The Bertz CT molecular complexity index is 464. The van der Waals surface area contributed by atoms with Gasteiger partial charge >= 0.3 is 0 Å². The fraction of sp³-hybridized carbons (Fsp3) is 0.625. The summed E-state index contributed by atoms with van der Waals surface area (Å²) in [5.74, 6) is 0. The molecule has 1 saturated heterocycles. The summed E-state index contributed by atoms with van der Waals surface area (Å²) in [5, 5.41) is 4.42. The second-order valence-electron chi connectivity index (χ2n) is 6.04. The predicted octanol–water partition coefficient (Wildman–Crippen LogP) is 4.17. The highest BCUT2D eigenvalue weighted by Crippen LogP contribution is 2.33. The van der Waals surface area contributed by atoms with Gasteiger partial charge in [0.05, 0.1) is 17.0 Å². The lowest BCUT2D eigenvalue weighted by Gasteiger charge is -2.38. The first-order valence-corrected chi connectivity index (χ1v) is 7.69. The smallest absolute Gasteiger partial charge is 0.0671 e. The van der Waals surface area contributed by atoms with Crippen molar-refractivity contribution in [2.24, 2.45) is 0 Å². The molecule has 1 N–H and O–H groups in total. The van der Waals surface area contributed by atoms with E-state index in [2.05, 4.69) is 44.2 Å². The maximum atomic E-state index is 6.14. The van der Waals surface area contributed by atoms with Gasteiger partial charge in [0.15, 0.2) is 0 Å². The largest absolute Gasteiger partial charge is 0.380 e. The van der Waals surface area contributed by atoms with Crippen LogP contribution in [0.3, 0.4) is 0 Å². The van der Waals surface area contributed by atoms with Gasteiger partial charge in [0, 0.05) is 31.8 Å². The van der Waals surface area contributed by atoms with Crippen molar-refractivity contribution in [2.45, 2.75) is 44.8 Å². The van der Waals surface area contributed by atoms with Crippen molar-refractivity contribution in [1.82, 2.24) is 0 Å². The average molecular weight is 297 g/mol. The van der Waals surface area contributed by atoms with Crippen molar-refractivity contribution in [1.29, 1.82) is 0 Å². The van der Waals surface area contributed by atoms with Gasteiger partial charge < -0.3 is 15.0 Å². The molecule has 0 aromatic heterocycles. The quantitative estimate of drug-likeness (QED) is 0.902. The highest BCUT2D eigenvalue weighted by molar-refractivity contribution is 6.31. The SMILES string of the molecule is CCC1(C)CC(Nc2cc(Cl)ccc2N(C)C)CCO1. The van der Waals surface area contributed by atoms with Crippen LogP contribution in [0.1, 0.15) is 33.1 Å².